The Kier molecular flexibility index (Phi) is 5.72. The smallest absolute Gasteiger partial charge is 0.281 e. The van der Waals surface area contributed by atoms with Crippen molar-refractivity contribution in [2.75, 3.05) is 13.1 Å². The molecular formula is C18H21IN4O2. The van der Waals surface area contributed by atoms with Gasteiger partial charge in [-0.15, -0.1) is 0 Å². The first-order valence-corrected chi connectivity index (χ1v) is 9.33. The van der Waals surface area contributed by atoms with Crippen LogP contribution in [0, 0.1) is 0 Å². The van der Waals surface area contributed by atoms with E-state index >= 15 is 0 Å². The topological polar surface area (TPSA) is 66.3 Å². The number of allylic oxidation sites excluding steroid dienone is 1. The van der Waals surface area contributed by atoms with E-state index in [1.807, 2.05) is 44.3 Å². The van der Waals surface area contributed by atoms with E-state index in [0.717, 1.165) is 30.1 Å². The van der Waals surface area contributed by atoms with Crippen LogP contribution in [0.4, 0.5) is 4.79 Å². The third kappa shape index (κ3) is 4.81. The van der Waals surface area contributed by atoms with Crippen molar-refractivity contribution in [2.45, 2.75) is 32.0 Å². The first kappa shape index (κ1) is 17.9. The maximum Gasteiger partial charge on any atom is 0.281 e. The van der Waals surface area contributed by atoms with Crippen LogP contribution in [-0.4, -0.2) is 46.6 Å². The molecule has 1 amide bonds. The molecule has 2 aliphatic rings. The standard InChI is InChI=1S/C18H21IN4O2/c1-12-7-15(8-20-11-21-12)23-9-17(10-23)25-16-5-3-14(4-6-16)13(2)22-18(19)24/h3-8,11-13,17H,9-10H2,1-2H3,(H,22,24). The molecule has 3 rings (SSSR count). The highest BCUT2D eigenvalue weighted by Crippen LogP contribution is 2.23. The van der Waals surface area contributed by atoms with Gasteiger partial charge in [0.2, 0.25) is 0 Å². The minimum atomic E-state index is -0.0592. The molecule has 0 spiro atoms. The van der Waals surface area contributed by atoms with E-state index in [9.17, 15) is 4.79 Å². The normalized spacial score (nSPS) is 21.2. The molecule has 0 aliphatic carbocycles. The summed E-state index contributed by atoms with van der Waals surface area (Å²) in [6.45, 7) is 5.69. The Morgan fingerprint density at radius 1 is 1.36 bits per heavy atom. The minimum absolute atomic E-state index is 0.0108. The number of ether oxygens (including phenoxy) is 1. The van der Waals surface area contributed by atoms with Crippen molar-refractivity contribution >= 4 is 39.1 Å². The number of carbonyl (C=O) groups is 1. The molecule has 1 fully saturated rings. The van der Waals surface area contributed by atoms with Crippen LogP contribution in [0.1, 0.15) is 25.5 Å². The number of nitrogens with zero attached hydrogens (tertiary/aromatic N) is 3. The van der Waals surface area contributed by atoms with E-state index in [-0.39, 0.29) is 22.1 Å². The summed E-state index contributed by atoms with van der Waals surface area (Å²) in [7, 11) is 0. The fourth-order valence-electron chi connectivity index (χ4n) is 2.78. The van der Waals surface area contributed by atoms with Crippen molar-refractivity contribution in [3.05, 3.63) is 41.6 Å². The molecule has 25 heavy (non-hydrogen) atoms. The molecule has 7 heteroatoms. The average molecular weight is 452 g/mol. The van der Waals surface area contributed by atoms with Crippen LogP contribution in [0.3, 0.4) is 0 Å². The van der Waals surface area contributed by atoms with Gasteiger partial charge in [0.05, 0.1) is 37.1 Å². The van der Waals surface area contributed by atoms with Gasteiger partial charge in [0.15, 0.2) is 0 Å². The van der Waals surface area contributed by atoms with E-state index < -0.39 is 0 Å². The van der Waals surface area contributed by atoms with E-state index in [4.69, 9.17) is 4.74 Å². The Morgan fingerprint density at radius 2 is 2.08 bits per heavy atom. The quantitative estimate of drug-likeness (QED) is 0.424. The van der Waals surface area contributed by atoms with Crippen LogP contribution in [0.2, 0.25) is 0 Å². The van der Waals surface area contributed by atoms with Crippen molar-refractivity contribution in [2.24, 2.45) is 9.98 Å². The number of rotatable bonds is 5. The van der Waals surface area contributed by atoms with E-state index in [2.05, 4.69) is 26.3 Å². The van der Waals surface area contributed by atoms with Crippen molar-refractivity contribution in [1.82, 2.24) is 10.2 Å². The fraction of sp³-hybridized carbons (Fsp3) is 0.389. The zero-order valence-electron chi connectivity index (χ0n) is 14.2. The van der Waals surface area contributed by atoms with Gasteiger partial charge in [-0.2, -0.15) is 0 Å². The van der Waals surface area contributed by atoms with Gasteiger partial charge in [-0.05, 0) is 37.6 Å². The summed E-state index contributed by atoms with van der Waals surface area (Å²) in [5, 5.41) is 2.86. The lowest BCUT2D eigenvalue weighted by molar-refractivity contribution is 0.0487. The van der Waals surface area contributed by atoms with Gasteiger partial charge in [-0.25, -0.2) is 4.99 Å². The van der Waals surface area contributed by atoms with Gasteiger partial charge in [-0.1, -0.05) is 12.1 Å². The Bertz CT molecular complexity index is 708. The van der Waals surface area contributed by atoms with Crippen molar-refractivity contribution < 1.29 is 9.53 Å². The minimum Gasteiger partial charge on any atom is -0.487 e. The summed E-state index contributed by atoms with van der Waals surface area (Å²) in [6, 6.07) is 8.02. The summed E-state index contributed by atoms with van der Waals surface area (Å²) in [5.41, 5.74) is 2.16. The monoisotopic (exact) mass is 452 g/mol. The maximum atomic E-state index is 11.1. The lowest BCUT2D eigenvalue weighted by Gasteiger charge is -2.41. The second-order valence-electron chi connectivity index (χ2n) is 6.23. The van der Waals surface area contributed by atoms with E-state index in [1.54, 1.807) is 28.9 Å². The van der Waals surface area contributed by atoms with Crippen molar-refractivity contribution in [1.29, 1.82) is 0 Å². The number of hydrogen-bond acceptors (Lipinski definition) is 5. The first-order chi connectivity index (χ1) is 12.0. The Labute approximate surface area is 161 Å². The molecule has 2 aliphatic heterocycles. The highest BCUT2D eigenvalue weighted by molar-refractivity contribution is 14.1. The number of amides is 1. The van der Waals surface area contributed by atoms with Crippen molar-refractivity contribution in [3.8, 4) is 5.75 Å². The lowest BCUT2D eigenvalue weighted by Crippen LogP contribution is -2.53. The lowest BCUT2D eigenvalue weighted by atomic mass is 10.1. The SMILES string of the molecule is CC1C=C(N2CC(Oc3ccc(C(C)NC(=O)I)cc3)C2)C=NC=N1. The zero-order chi connectivity index (χ0) is 17.8. The van der Waals surface area contributed by atoms with Crippen LogP contribution in [0.15, 0.2) is 46.0 Å². The molecular weight excluding hydrogens is 431 g/mol. The summed E-state index contributed by atoms with van der Waals surface area (Å²) in [5.74, 6) is 0.849. The number of likely N-dealkylation sites (tertiary alicyclic amines) is 1. The number of aliphatic imine (C=N–C) groups is 2. The molecule has 132 valence electrons. The van der Waals surface area contributed by atoms with E-state index in [0.29, 0.717) is 0 Å². The molecule has 1 aromatic carbocycles. The summed E-state index contributed by atoms with van der Waals surface area (Å²) in [6.07, 6.45) is 5.73. The second-order valence-corrected chi connectivity index (χ2v) is 7.21. The molecule has 1 saturated heterocycles. The van der Waals surface area contributed by atoms with Crippen molar-refractivity contribution in [3.63, 3.8) is 0 Å². The van der Waals surface area contributed by atoms with Crippen LogP contribution < -0.4 is 10.1 Å². The van der Waals surface area contributed by atoms with Crippen LogP contribution >= 0.6 is 22.6 Å². The summed E-state index contributed by atoms with van der Waals surface area (Å²) >= 11 is 1.74. The van der Waals surface area contributed by atoms with Gasteiger partial charge in [-0.3, -0.25) is 9.79 Å². The number of benzene rings is 1. The molecule has 6 nitrogen and oxygen atoms in total. The molecule has 1 aromatic rings. The average Bonchev–Trinajstić information content (AvgIpc) is 2.74. The number of hydrogen-bond donors (Lipinski definition) is 1. The van der Waals surface area contributed by atoms with E-state index in [1.165, 1.54) is 0 Å². The predicted octanol–water partition coefficient (Wildman–Crippen LogP) is 3.34. The Hall–Kier alpha value is -1.90. The molecule has 0 bridgehead atoms. The number of carbonyl (C=O) groups excluding carboxylic acids is 1. The summed E-state index contributed by atoms with van der Waals surface area (Å²) in [4.78, 5) is 21.8. The largest absolute Gasteiger partial charge is 0.487 e. The van der Waals surface area contributed by atoms with Crippen LogP contribution in [0.5, 0.6) is 5.75 Å². The molecule has 2 atom stereocenters. The third-order valence-electron chi connectivity index (χ3n) is 4.21. The Balaban J connectivity index is 1.51. The molecule has 0 aromatic heterocycles. The molecule has 2 unspecified atom stereocenters. The van der Waals surface area contributed by atoms with Crippen LogP contribution in [-0.2, 0) is 0 Å². The molecule has 0 radical (unpaired) electrons. The van der Waals surface area contributed by atoms with Crippen LogP contribution in [0.25, 0.3) is 0 Å². The number of halogens is 1. The number of nitrogens with one attached hydrogen (secondary N) is 1. The zero-order valence-corrected chi connectivity index (χ0v) is 16.4. The third-order valence-corrected chi connectivity index (χ3v) is 4.52. The van der Waals surface area contributed by atoms with Gasteiger partial charge in [0.25, 0.3) is 3.91 Å². The predicted molar refractivity (Wildman–Crippen MR) is 108 cm³/mol. The highest BCUT2D eigenvalue weighted by Gasteiger charge is 2.30. The highest BCUT2D eigenvalue weighted by atomic mass is 127. The molecule has 0 saturated carbocycles. The fourth-order valence-corrected chi connectivity index (χ4v) is 3.25. The summed E-state index contributed by atoms with van der Waals surface area (Å²) < 4.78 is 5.95. The van der Waals surface area contributed by atoms with Gasteiger partial charge in [0, 0.05) is 22.6 Å². The Morgan fingerprint density at radius 3 is 2.76 bits per heavy atom. The van der Waals surface area contributed by atoms with Gasteiger partial charge >= 0.3 is 0 Å². The first-order valence-electron chi connectivity index (χ1n) is 8.25. The second kappa shape index (κ2) is 7.99. The maximum absolute atomic E-state index is 11.1. The van der Waals surface area contributed by atoms with Gasteiger partial charge in [0.1, 0.15) is 18.2 Å². The molecule has 2 heterocycles. The molecule has 1 N–H and O–H groups in total. The van der Waals surface area contributed by atoms with Gasteiger partial charge < -0.3 is 15.0 Å².